The van der Waals surface area contributed by atoms with Gasteiger partial charge in [0, 0.05) is 19.8 Å². The van der Waals surface area contributed by atoms with Gasteiger partial charge in [-0.1, -0.05) is 0 Å². The van der Waals surface area contributed by atoms with Gasteiger partial charge in [0.25, 0.3) is 0 Å². The largest absolute Gasteiger partial charge is 0.385 e. The Hall–Kier alpha value is -0.770. The smallest absolute Gasteiger partial charge is 0.192 e. The quantitative estimate of drug-likeness (QED) is 0.717. The molecule has 1 aliphatic carbocycles. The van der Waals surface area contributed by atoms with Crippen LogP contribution in [0.3, 0.4) is 0 Å². The Morgan fingerprint density at radius 3 is 2.93 bits per heavy atom. The van der Waals surface area contributed by atoms with Crippen LogP contribution in [-0.2, 0) is 4.74 Å². The zero-order valence-corrected chi connectivity index (χ0v) is 8.99. The molecule has 4 heteroatoms. The van der Waals surface area contributed by atoms with Crippen molar-refractivity contribution in [1.29, 1.82) is 0 Å². The van der Waals surface area contributed by atoms with Crippen molar-refractivity contribution in [2.45, 2.75) is 37.8 Å². The SMILES string of the molecule is COCCC1(C)CN=C(N)N1C1CC1. The molecule has 0 spiro atoms. The highest BCUT2D eigenvalue weighted by Crippen LogP contribution is 2.37. The van der Waals surface area contributed by atoms with Crippen molar-refractivity contribution in [1.82, 2.24) is 4.90 Å². The number of aliphatic imine (C=N–C) groups is 1. The second-order valence-electron chi connectivity index (χ2n) is 4.52. The van der Waals surface area contributed by atoms with Gasteiger partial charge in [0.2, 0.25) is 0 Å². The Kier molecular flexibility index (Phi) is 2.39. The van der Waals surface area contributed by atoms with Crippen LogP contribution in [0.4, 0.5) is 0 Å². The highest BCUT2D eigenvalue weighted by atomic mass is 16.5. The molecule has 1 saturated carbocycles. The molecule has 2 rings (SSSR count). The van der Waals surface area contributed by atoms with Crippen molar-refractivity contribution < 1.29 is 4.74 Å². The molecule has 1 aliphatic heterocycles. The van der Waals surface area contributed by atoms with Crippen LogP contribution < -0.4 is 5.73 Å². The Labute approximate surface area is 85.1 Å². The van der Waals surface area contributed by atoms with E-state index in [1.165, 1.54) is 12.8 Å². The Bertz CT molecular complexity index is 250. The first-order valence-electron chi connectivity index (χ1n) is 5.25. The lowest BCUT2D eigenvalue weighted by Gasteiger charge is -2.36. The summed E-state index contributed by atoms with van der Waals surface area (Å²) in [6, 6.07) is 0.642. The molecule has 2 aliphatic rings. The second kappa shape index (κ2) is 3.42. The number of rotatable bonds is 4. The van der Waals surface area contributed by atoms with Crippen molar-refractivity contribution in [2.75, 3.05) is 20.3 Å². The maximum atomic E-state index is 5.90. The lowest BCUT2D eigenvalue weighted by molar-refractivity contribution is 0.123. The van der Waals surface area contributed by atoms with Crippen molar-refractivity contribution in [3.05, 3.63) is 0 Å². The van der Waals surface area contributed by atoms with Gasteiger partial charge < -0.3 is 15.4 Å². The van der Waals surface area contributed by atoms with Gasteiger partial charge in [0.15, 0.2) is 5.96 Å². The van der Waals surface area contributed by atoms with Crippen LogP contribution in [0.25, 0.3) is 0 Å². The standard InChI is InChI=1S/C10H19N3O/c1-10(5-6-14-2)7-12-9(11)13(10)8-3-4-8/h8H,3-7H2,1-2H3,(H2,11,12). The van der Waals surface area contributed by atoms with E-state index in [1.807, 2.05) is 0 Å². The van der Waals surface area contributed by atoms with E-state index in [2.05, 4.69) is 16.8 Å². The third-order valence-electron chi connectivity index (χ3n) is 3.17. The minimum absolute atomic E-state index is 0.0985. The molecule has 0 aromatic heterocycles. The van der Waals surface area contributed by atoms with Gasteiger partial charge in [0.1, 0.15) is 0 Å². The van der Waals surface area contributed by atoms with Gasteiger partial charge in [0.05, 0.1) is 12.1 Å². The first-order chi connectivity index (χ1) is 6.67. The number of methoxy groups -OCH3 is 1. The lowest BCUT2D eigenvalue weighted by atomic mass is 9.97. The predicted octanol–water partition coefficient (Wildman–Crippen LogP) is 0.574. The fourth-order valence-corrected chi connectivity index (χ4v) is 2.16. The van der Waals surface area contributed by atoms with Crippen LogP contribution in [0.5, 0.6) is 0 Å². The van der Waals surface area contributed by atoms with Crippen LogP contribution in [0.1, 0.15) is 26.2 Å². The number of ether oxygens (including phenoxy) is 1. The third kappa shape index (κ3) is 1.59. The summed E-state index contributed by atoms with van der Waals surface area (Å²) in [4.78, 5) is 6.65. The van der Waals surface area contributed by atoms with Crippen LogP contribution in [0.15, 0.2) is 4.99 Å². The Morgan fingerprint density at radius 2 is 2.36 bits per heavy atom. The van der Waals surface area contributed by atoms with Gasteiger partial charge in [-0.3, -0.25) is 4.99 Å². The van der Waals surface area contributed by atoms with Crippen molar-refractivity contribution in [2.24, 2.45) is 10.7 Å². The van der Waals surface area contributed by atoms with E-state index in [0.717, 1.165) is 25.5 Å². The average Bonchev–Trinajstić information content (AvgIpc) is 2.93. The minimum Gasteiger partial charge on any atom is -0.385 e. The third-order valence-corrected chi connectivity index (χ3v) is 3.17. The summed E-state index contributed by atoms with van der Waals surface area (Å²) in [7, 11) is 1.74. The molecule has 1 fully saturated rings. The molecule has 0 saturated heterocycles. The van der Waals surface area contributed by atoms with E-state index >= 15 is 0 Å². The molecule has 80 valence electrons. The van der Waals surface area contributed by atoms with E-state index in [4.69, 9.17) is 10.5 Å². The number of nitrogens with two attached hydrogens (primary N) is 1. The molecule has 0 radical (unpaired) electrons. The van der Waals surface area contributed by atoms with Crippen LogP contribution in [0.2, 0.25) is 0 Å². The summed E-state index contributed by atoms with van der Waals surface area (Å²) >= 11 is 0. The summed E-state index contributed by atoms with van der Waals surface area (Å²) in [6.07, 6.45) is 3.53. The molecule has 14 heavy (non-hydrogen) atoms. The van der Waals surface area contributed by atoms with Crippen LogP contribution in [-0.4, -0.2) is 42.7 Å². The highest BCUT2D eigenvalue weighted by molar-refractivity contribution is 5.81. The van der Waals surface area contributed by atoms with Gasteiger partial charge >= 0.3 is 0 Å². The van der Waals surface area contributed by atoms with Crippen molar-refractivity contribution >= 4 is 5.96 Å². The maximum Gasteiger partial charge on any atom is 0.192 e. The van der Waals surface area contributed by atoms with Crippen molar-refractivity contribution in [3.8, 4) is 0 Å². The number of hydrogen-bond acceptors (Lipinski definition) is 4. The normalized spacial score (nSPS) is 32.1. The zero-order valence-electron chi connectivity index (χ0n) is 8.99. The van der Waals surface area contributed by atoms with E-state index in [-0.39, 0.29) is 5.54 Å². The second-order valence-corrected chi connectivity index (χ2v) is 4.52. The molecule has 1 atom stereocenters. The predicted molar refractivity (Wildman–Crippen MR) is 56.2 cm³/mol. The molecule has 1 unspecified atom stereocenters. The summed E-state index contributed by atoms with van der Waals surface area (Å²) in [6.45, 7) is 3.83. The van der Waals surface area contributed by atoms with Gasteiger partial charge in [-0.15, -0.1) is 0 Å². The number of guanidine groups is 1. The number of hydrogen-bond donors (Lipinski definition) is 1. The van der Waals surface area contributed by atoms with Crippen LogP contribution in [0, 0.1) is 0 Å². The van der Waals surface area contributed by atoms with Gasteiger partial charge in [-0.25, -0.2) is 0 Å². The fraction of sp³-hybridized carbons (Fsp3) is 0.900. The van der Waals surface area contributed by atoms with E-state index < -0.39 is 0 Å². The molecule has 0 amide bonds. The van der Waals surface area contributed by atoms with Crippen molar-refractivity contribution in [3.63, 3.8) is 0 Å². The number of nitrogens with zero attached hydrogens (tertiary/aromatic N) is 2. The first kappa shape index (κ1) is 9.77. The molecule has 0 bridgehead atoms. The van der Waals surface area contributed by atoms with Crippen LogP contribution >= 0.6 is 0 Å². The molecule has 2 N–H and O–H groups in total. The van der Waals surface area contributed by atoms with Gasteiger partial charge in [-0.05, 0) is 26.2 Å². The average molecular weight is 197 g/mol. The molecule has 0 aromatic rings. The summed E-state index contributed by atoms with van der Waals surface area (Å²) in [5.41, 5.74) is 6.00. The van der Waals surface area contributed by atoms with Gasteiger partial charge in [-0.2, -0.15) is 0 Å². The molecular formula is C10H19N3O. The Morgan fingerprint density at radius 1 is 1.64 bits per heavy atom. The summed E-state index contributed by atoms with van der Waals surface area (Å²) < 4.78 is 5.13. The highest BCUT2D eigenvalue weighted by Gasteiger charge is 2.45. The molecular weight excluding hydrogens is 178 g/mol. The van der Waals surface area contributed by atoms with E-state index in [9.17, 15) is 0 Å². The monoisotopic (exact) mass is 197 g/mol. The molecule has 0 aromatic carbocycles. The van der Waals surface area contributed by atoms with E-state index in [1.54, 1.807) is 7.11 Å². The summed E-state index contributed by atoms with van der Waals surface area (Å²) in [5, 5.41) is 0. The lowest BCUT2D eigenvalue weighted by Crippen LogP contribution is -2.51. The minimum atomic E-state index is 0.0985. The maximum absolute atomic E-state index is 5.90. The van der Waals surface area contributed by atoms with E-state index in [0.29, 0.717) is 6.04 Å². The summed E-state index contributed by atoms with van der Waals surface area (Å²) in [5.74, 6) is 0.728. The molecule has 1 heterocycles. The molecule has 4 nitrogen and oxygen atoms in total. The first-order valence-corrected chi connectivity index (χ1v) is 5.25. The fourth-order valence-electron chi connectivity index (χ4n) is 2.16. The topological polar surface area (TPSA) is 50.9 Å². The Balaban J connectivity index is 2.03. The zero-order chi connectivity index (χ0) is 10.2.